The Morgan fingerprint density at radius 1 is 0.783 bits per heavy atom. The zero-order valence-electron chi connectivity index (χ0n) is 41.5. The molecule has 60 heavy (non-hydrogen) atoms. The van der Waals surface area contributed by atoms with Crippen molar-refractivity contribution < 1.29 is 45.7 Å². The molecule has 0 bridgehead atoms. The van der Waals surface area contributed by atoms with E-state index in [0.717, 1.165) is 5.57 Å². The Kier molecular flexibility index (Phi) is 19.4. The van der Waals surface area contributed by atoms with Crippen molar-refractivity contribution in [3.63, 3.8) is 0 Å². The van der Waals surface area contributed by atoms with Gasteiger partial charge in [-0.1, -0.05) is 107 Å². The third-order valence-electron chi connectivity index (χ3n) is 13.9. The first-order valence-corrected chi connectivity index (χ1v) is 32.4. The van der Waals surface area contributed by atoms with Gasteiger partial charge in [0.05, 0.1) is 47.8 Å². The van der Waals surface area contributed by atoms with Crippen LogP contribution in [0.2, 0.25) is 54.4 Å². The second-order valence-electron chi connectivity index (χ2n) is 22.4. The summed E-state index contributed by atoms with van der Waals surface area (Å²) in [6.07, 6.45) is -2.29. The lowest BCUT2D eigenvalue weighted by molar-refractivity contribution is -0.262. The van der Waals surface area contributed by atoms with Crippen LogP contribution in [0.3, 0.4) is 0 Å². The van der Waals surface area contributed by atoms with Gasteiger partial charge in [-0.15, -0.1) is 0 Å². The van der Waals surface area contributed by atoms with Gasteiger partial charge in [0.25, 0.3) is 0 Å². The number of aliphatic hydroxyl groups is 1. The van der Waals surface area contributed by atoms with Crippen LogP contribution in [-0.4, -0.2) is 107 Å². The quantitative estimate of drug-likeness (QED) is 0.0646. The van der Waals surface area contributed by atoms with Gasteiger partial charge in [-0.3, -0.25) is 0 Å². The van der Waals surface area contributed by atoms with Crippen molar-refractivity contribution in [2.45, 2.75) is 210 Å². The smallest absolute Gasteiger partial charge is 0.194 e. The van der Waals surface area contributed by atoms with Crippen molar-refractivity contribution in [1.29, 1.82) is 0 Å². The van der Waals surface area contributed by atoms with Crippen molar-refractivity contribution in [3.05, 3.63) is 42.5 Å². The van der Waals surface area contributed by atoms with Crippen LogP contribution in [0, 0.1) is 11.8 Å². The summed E-state index contributed by atoms with van der Waals surface area (Å²) >= 11 is 0. The lowest BCUT2D eigenvalue weighted by Gasteiger charge is -2.46. The number of methoxy groups -OCH3 is 1. The van der Waals surface area contributed by atoms with Crippen LogP contribution in [0.15, 0.2) is 47.4 Å². The third-order valence-corrected chi connectivity index (χ3v) is 29.8. The molecule has 8 atom stereocenters. The van der Waals surface area contributed by atoms with Crippen LogP contribution in [0.5, 0.6) is 0 Å². The SMILES string of the molecule is C=C(C)[C@H](O[Si](C)(C)C(C)(C)C)[C@H](C[C@H](C)CC(O)C([C@H](C)C[C@H](O[Si](C)(C)C(C)(C)C)[C@@H](OCOC)C1(C)OCCO1)S(=O)(=O)c1ccccc1)O[Si](C)(C)C(C)(C)C. The van der Waals surface area contributed by atoms with E-state index in [1.54, 1.807) is 37.4 Å². The van der Waals surface area contributed by atoms with Crippen molar-refractivity contribution >= 4 is 34.8 Å². The normalized spacial score (nSPS) is 20.2. The molecule has 1 aromatic rings. The zero-order valence-corrected chi connectivity index (χ0v) is 45.3. The summed E-state index contributed by atoms with van der Waals surface area (Å²) < 4.78 is 75.5. The molecular formula is C46H88O10SSi3. The largest absolute Gasteiger partial charge is 0.411 e. The Morgan fingerprint density at radius 3 is 1.67 bits per heavy atom. The van der Waals surface area contributed by atoms with E-state index in [9.17, 15) is 13.5 Å². The monoisotopic (exact) mass is 917 g/mol. The van der Waals surface area contributed by atoms with Gasteiger partial charge in [0.2, 0.25) is 0 Å². The summed E-state index contributed by atoms with van der Waals surface area (Å²) in [7, 11) is -9.59. The van der Waals surface area contributed by atoms with Crippen LogP contribution in [0.1, 0.15) is 109 Å². The Labute approximate surface area is 370 Å². The number of benzene rings is 1. The molecule has 0 radical (unpaired) electrons. The number of ether oxygens (including phenoxy) is 4. The van der Waals surface area contributed by atoms with E-state index in [-0.39, 0.29) is 57.8 Å². The Morgan fingerprint density at radius 2 is 1.23 bits per heavy atom. The van der Waals surface area contributed by atoms with Crippen LogP contribution in [0.25, 0.3) is 0 Å². The van der Waals surface area contributed by atoms with Crippen LogP contribution < -0.4 is 0 Å². The highest BCUT2D eigenvalue weighted by Crippen LogP contribution is 2.44. The highest BCUT2D eigenvalue weighted by atomic mass is 32.2. The predicted octanol–water partition coefficient (Wildman–Crippen LogP) is 11.1. The summed E-state index contributed by atoms with van der Waals surface area (Å²) in [6, 6.07) is 8.46. The lowest BCUT2D eigenvalue weighted by Crippen LogP contribution is -2.56. The maximum atomic E-state index is 14.9. The average molecular weight is 918 g/mol. The minimum Gasteiger partial charge on any atom is -0.411 e. The van der Waals surface area contributed by atoms with Crippen LogP contribution >= 0.6 is 0 Å². The summed E-state index contributed by atoms with van der Waals surface area (Å²) in [6.45, 7) is 46.2. The summed E-state index contributed by atoms with van der Waals surface area (Å²) in [5.41, 5.74) is 0.899. The summed E-state index contributed by atoms with van der Waals surface area (Å²) in [5, 5.41) is 11.1. The average Bonchev–Trinajstić information content (AvgIpc) is 3.52. The molecule has 1 aliphatic heterocycles. The summed E-state index contributed by atoms with van der Waals surface area (Å²) in [4.78, 5) is 0.168. The molecule has 1 N–H and O–H groups in total. The van der Waals surface area contributed by atoms with Gasteiger partial charge in [-0.2, -0.15) is 0 Å². The first kappa shape index (κ1) is 55.4. The molecule has 14 heteroatoms. The Balaban J connectivity index is 2.70. The standard InChI is InChI=1S/C46H88O10SSi3/c1-33(2)40(56-60(20,21)45(11,12)13)38(54-58(16,17)43(5,6)7)30-34(3)29-37(47)41(57(48,49)36-25-23-22-24-26-36)35(4)31-39(55-59(18,19)44(8,9)10)42(51-32-50-15)46(14)52-27-28-53-46/h22-26,34-35,37-42,47H,1,27-32H2,2-21H3/t34-,35-,37?,38+,39+,40+,41?,42-/m1/s1. The first-order chi connectivity index (χ1) is 27.0. The maximum Gasteiger partial charge on any atom is 0.194 e. The fraction of sp³-hybridized carbons (Fsp3) is 0.826. The second-order valence-corrected chi connectivity index (χ2v) is 38.7. The van der Waals surface area contributed by atoms with Gasteiger partial charge >= 0.3 is 0 Å². The van der Waals surface area contributed by atoms with E-state index in [2.05, 4.69) is 115 Å². The van der Waals surface area contributed by atoms with Gasteiger partial charge < -0.3 is 37.3 Å². The zero-order chi connectivity index (χ0) is 46.5. The molecule has 1 heterocycles. The highest BCUT2D eigenvalue weighted by Gasteiger charge is 2.52. The minimum absolute atomic E-state index is 0.0347. The molecule has 0 amide bonds. The van der Waals surface area contributed by atoms with E-state index < -0.39 is 70.1 Å². The second kappa shape index (κ2) is 21.0. The van der Waals surface area contributed by atoms with Gasteiger partial charge in [0.1, 0.15) is 12.9 Å². The molecule has 350 valence electrons. The number of sulfone groups is 1. The lowest BCUT2D eigenvalue weighted by atomic mass is 9.87. The van der Waals surface area contributed by atoms with Crippen molar-refractivity contribution in [2.75, 3.05) is 27.1 Å². The van der Waals surface area contributed by atoms with Gasteiger partial charge in [0, 0.05) is 7.11 Å². The predicted molar refractivity (Wildman–Crippen MR) is 254 cm³/mol. The molecular weight excluding hydrogens is 829 g/mol. The number of hydrogen-bond acceptors (Lipinski definition) is 10. The molecule has 1 fully saturated rings. The van der Waals surface area contributed by atoms with E-state index >= 15 is 0 Å². The molecule has 1 aliphatic rings. The number of rotatable bonds is 23. The Bertz CT molecular complexity index is 1590. The van der Waals surface area contributed by atoms with Gasteiger partial charge in [0.15, 0.2) is 40.6 Å². The van der Waals surface area contributed by atoms with E-state index in [1.165, 1.54) is 0 Å². The number of aliphatic hydroxyl groups excluding tert-OH is 1. The maximum absolute atomic E-state index is 14.9. The van der Waals surface area contributed by atoms with Crippen LogP contribution in [-0.2, 0) is 42.1 Å². The molecule has 0 saturated carbocycles. The molecule has 0 aromatic heterocycles. The molecule has 10 nitrogen and oxygen atoms in total. The summed E-state index contributed by atoms with van der Waals surface area (Å²) in [5.74, 6) is -1.88. The van der Waals surface area contributed by atoms with Gasteiger partial charge in [-0.05, 0) is 111 Å². The fourth-order valence-corrected chi connectivity index (χ4v) is 13.3. The van der Waals surface area contributed by atoms with Gasteiger partial charge in [-0.25, -0.2) is 8.42 Å². The molecule has 2 unspecified atom stereocenters. The van der Waals surface area contributed by atoms with E-state index in [0.29, 0.717) is 19.6 Å². The fourth-order valence-electron chi connectivity index (χ4n) is 7.20. The van der Waals surface area contributed by atoms with Crippen molar-refractivity contribution in [1.82, 2.24) is 0 Å². The third kappa shape index (κ3) is 14.4. The molecule has 1 saturated heterocycles. The molecule has 0 aliphatic carbocycles. The molecule has 0 spiro atoms. The van der Waals surface area contributed by atoms with E-state index in [1.807, 2.05) is 20.8 Å². The topological polar surface area (TPSA) is 119 Å². The first-order valence-electron chi connectivity index (χ1n) is 22.1. The van der Waals surface area contributed by atoms with Crippen molar-refractivity contribution in [2.24, 2.45) is 11.8 Å². The molecule has 1 aromatic carbocycles. The van der Waals surface area contributed by atoms with E-state index in [4.69, 9.17) is 32.2 Å². The van der Waals surface area contributed by atoms with Crippen LogP contribution in [0.4, 0.5) is 0 Å². The highest BCUT2D eigenvalue weighted by molar-refractivity contribution is 7.92. The Hall–Kier alpha value is -0.759. The molecule has 2 rings (SSSR count). The minimum atomic E-state index is -4.07. The van der Waals surface area contributed by atoms with Crippen molar-refractivity contribution in [3.8, 4) is 0 Å². The number of hydrogen-bond donors (Lipinski definition) is 1.